The van der Waals surface area contributed by atoms with E-state index < -0.39 is 24.2 Å². The number of carbonyl (C=O) groups excluding carboxylic acids is 4. The molecule has 2 saturated heterocycles. The molecule has 2 aliphatic heterocycles. The largest absolute Gasteiger partial charge is 0.459 e. The Hall–Kier alpha value is -5.56. The van der Waals surface area contributed by atoms with Crippen molar-refractivity contribution in [2.24, 2.45) is 92.7 Å². The topological polar surface area (TPSA) is 236 Å². The number of amides is 2. The summed E-state index contributed by atoms with van der Waals surface area (Å²) in [6.07, 6.45) is 20.5. The fourth-order valence-corrected chi connectivity index (χ4v) is 23.2. The first-order valence-corrected chi connectivity index (χ1v) is 35.8. The first kappa shape index (κ1) is 63.8. The van der Waals surface area contributed by atoms with Gasteiger partial charge in [-0.05, 0) is 219 Å². The fourth-order valence-electron chi connectivity index (χ4n) is 23.2. The molecule has 2 aromatic carbocycles. The molecule has 18 nitrogen and oxygen atoms in total. The lowest BCUT2D eigenvalue weighted by Gasteiger charge is -2.62. The lowest BCUT2D eigenvalue weighted by Crippen LogP contribution is -2.61. The number of esters is 2. The number of fused-ring (bicyclic) bond motifs is 10. The van der Waals surface area contributed by atoms with Crippen molar-refractivity contribution in [1.29, 1.82) is 0 Å². The van der Waals surface area contributed by atoms with Crippen LogP contribution in [0.2, 0.25) is 0 Å². The van der Waals surface area contributed by atoms with E-state index in [0.717, 1.165) is 88.2 Å². The maximum Gasteiger partial charge on any atom is 0.306 e. The van der Waals surface area contributed by atoms with Gasteiger partial charge in [-0.25, -0.2) is 9.36 Å². The minimum absolute atomic E-state index is 0.0737. The molecule has 8 aliphatic carbocycles. The second-order valence-electron chi connectivity index (χ2n) is 32.2. The quantitative estimate of drug-likeness (QED) is 0.0505. The first-order chi connectivity index (χ1) is 44.2. The number of benzene rings is 2. The third kappa shape index (κ3) is 10.8. The van der Waals surface area contributed by atoms with E-state index in [4.69, 9.17) is 9.47 Å². The lowest BCUT2D eigenvalue weighted by molar-refractivity contribution is -0.175. The molecular formula is C74H102N8O10. The predicted molar refractivity (Wildman–Crippen MR) is 342 cm³/mol. The summed E-state index contributed by atoms with van der Waals surface area (Å²) in [6.45, 7) is 14.4. The zero-order chi connectivity index (χ0) is 64.2. The maximum atomic E-state index is 14.4. The Bertz CT molecular complexity index is 3110. The number of aromatic nitrogens is 6. The molecule has 24 atom stereocenters. The molecular weight excluding hydrogens is 1160 g/mol. The van der Waals surface area contributed by atoms with Crippen LogP contribution in [0.3, 0.4) is 0 Å². The van der Waals surface area contributed by atoms with Crippen LogP contribution in [-0.2, 0) is 41.9 Å². The number of rotatable bonds is 19. The summed E-state index contributed by atoms with van der Waals surface area (Å²) in [5, 5.41) is 62.8. The van der Waals surface area contributed by atoms with Crippen molar-refractivity contribution in [1.82, 2.24) is 39.8 Å². The molecule has 10 fully saturated rings. The van der Waals surface area contributed by atoms with E-state index in [1.165, 1.54) is 25.7 Å². The Morgan fingerprint density at radius 2 is 0.924 bits per heavy atom. The highest BCUT2D eigenvalue weighted by Gasteiger charge is 2.66. The van der Waals surface area contributed by atoms with E-state index in [1.54, 1.807) is 31.6 Å². The Kier molecular flexibility index (Phi) is 17.3. The van der Waals surface area contributed by atoms with Gasteiger partial charge in [0.25, 0.3) is 11.8 Å². The minimum atomic E-state index is -0.702. The van der Waals surface area contributed by atoms with Crippen molar-refractivity contribution in [3.63, 3.8) is 0 Å². The van der Waals surface area contributed by atoms with Gasteiger partial charge in [-0.15, -0.1) is 10.2 Å². The van der Waals surface area contributed by atoms with E-state index in [2.05, 4.69) is 62.2 Å². The van der Waals surface area contributed by atoms with Crippen molar-refractivity contribution >= 4 is 23.8 Å². The summed E-state index contributed by atoms with van der Waals surface area (Å²) in [5.74, 6) is 4.35. The number of likely N-dealkylation sites (tertiary alicyclic amines) is 2. The van der Waals surface area contributed by atoms with Gasteiger partial charge in [-0.1, -0.05) is 113 Å². The van der Waals surface area contributed by atoms with Crippen LogP contribution in [0.15, 0.2) is 73.1 Å². The Morgan fingerprint density at radius 3 is 1.33 bits per heavy atom. The van der Waals surface area contributed by atoms with Gasteiger partial charge >= 0.3 is 11.9 Å². The predicted octanol–water partition coefficient (Wildman–Crippen LogP) is 10.7. The number of carbonyl (C=O) groups is 4. The molecule has 4 aromatic rings. The van der Waals surface area contributed by atoms with Crippen LogP contribution in [0.5, 0.6) is 0 Å². The summed E-state index contributed by atoms with van der Waals surface area (Å²) < 4.78 is 14.8. The molecule has 2 amide bonds. The Labute approximate surface area is 543 Å². The number of hydrogen-bond acceptors (Lipinski definition) is 14. The summed E-state index contributed by atoms with van der Waals surface area (Å²) in [6, 6.07) is 17.3. The second kappa shape index (κ2) is 24.9. The van der Waals surface area contributed by atoms with Crippen molar-refractivity contribution in [3.05, 3.63) is 95.6 Å². The van der Waals surface area contributed by atoms with Crippen molar-refractivity contribution in [2.45, 2.75) is 232 Å². The van der Waals surface area contributed by atoms with Gasteiger partial charge in [0, 0.05) is 25.9 Å². The standard InChI is InChI=1S/C74H102N8O10/c1-43(55-23-25-57-53-21-19-47-35-51(83)29-31-71(47,3)59(53)37-61(85)73(55,57)5)17-27-63(87)91-41-49-39-81(77-75-49)67-65(45-13-9-7-10-14-45)79(69(67)89)33-34-80-66(46-15-11-8-12-16-46)68(70(80)90)82-40-50(76-78-82)42-92-64(88)28-18-44(2)56-24-26-58-54-22-20-48-36-52(84)30-32-72(48,4)60(54)38-62(86)74(56,58)6/h7-16,39-40,43-44,47-48,51-62,65-68,83-86H,17-38,41-42H2,1-6H3/t43-,44-,47-,48-,51-,52-,53+,54+,55-,56-,57+,58+,59+,60+,61+,62+,65-,66-,67+,68+,71+,72+,73-,74-/m1/s1. The average molecular weight is 1260 g/mol. The highest BCUT2D eigenvalue weighted by molar-refractivity contribution is 5.89. The molecule has 4 N–H and O–H groups in total. The highest BCUT2D eigenvalue weighted by atomic mass is 16.5. The van der Waals surface area contributed by atoms with E-state index in [9.17, 15) is 39.6 Å². The molecule has 498 valence electrons. The number of β-lactam (4-membered cyclic amide) rings is 2. The molecule has 2 aromatic heterocycles. The van der Waals surface area contributed by atoms with Crippen LogP contribution in [-0.4, -0.2) is 121 Å². The van der Waals surface area contributed by atoms with Gasteiger partial charge in [0.05, 0.1) is 48.9 Å². The van der Waals surface area contributed by atoms with Crippen LogP contribution >= 0.6 is 0 Å². The van der Waals surface area contributed by atoms with Gasteiger partial charge in [0.2, 0.25) is 0 Å². The normalized spacial score (nSPS) is 41.0. The maximum absolute atomic E-state index is 14.4. The third-order valence-electron chi connectivity index (χ3n) is 28.3. The van der Waals surface area contributed by atoms with Crippen molar-refractivity contribution in [2.75, 3.05) is 13.1 Å². The summed E-state index contributed by atoms with van der Waals surface area (Å²) in [5.41, 5.74) is 2.69. The molecule has 14 rings (SSSR count). The summed E-state index contributed by atoms with van der Waals surface area (Å²) in [7, 11) is 0. The van der Waals surface area contributed by atoms with E-state index in [-0.39, 0.29) is 121 Å². The number of aliphatic hydroxyl groups is 4. The van der Waals surface area contributed by atoms with Crippen molar-refractivity contribution in [3.8, 4) is 0 Å². The summed E-state index contributed by atoms with van der Waals surface area (Å²) >= 11 is 0. The van der Waals surface area contributed by atoms with Crippen LogP contribution in [0.25, 0.3) is 0 Å². The minimum Gasteiger partial charge on any atom is -0.459 e. The Balaban J connectivity index is 0.560. The van der Waals surface area contributed by atoms with Gasteiger partial charge in [0.1, 0.15) is 24.6 Å². The smallest absolute Gasteiger partial charge is 0.306 e. The SMILES string of the molecule is C[C@H](CCC(=O)OCc1cn([C@@H]2C(=O)N(CCN3C(=O)[C@@H](n4cc(COC(=O)CC[C@@H](C)[C@H]5CC[C@H]6[C@@H]7CC[C@@H]8C[C@H](O)CC[C@]8(C)[C@H]7C[C@H](O)[C@]56C)nn4)[C@H]3c3ccccc3)[C@@H]2c2ccccc2)nn1)[C@H]1CC[C@H]2[C@@H]3CC[C@@H]4C[C@H](O)CC[C@]4(C)[C@H]3C[C@H](O)[C@]12C. The van der Waals surface area contributed by atoms with Crippen LogP contribution < -0.4 is 0 Å². The third-order valence-corrected chi connectivity index (χ3v) is 28.3. The highest BCUT2D eigenvalue weighted by Crippen LogP contribution is 2.70. The number of aliphatic hydroxyl groups excluding tert-OH is 4. The van der Waals surface area contributed by atoms with E-state index in [1.807, 2.05) is 60.7 Å². The molecule has 10 aliphatic rings. The van der Waals surface area contributed by atoms with Crippen LogP contribution in [0.4, 0.5) is 0 Å². The second-order valence-corrected chi connectivity index (χ2v) is 32.2. The molecule has 92 heavy (non-hydrogen) atoms. The Morgan fingerprint density at radius 1 is 0.522 bits per heavy atom. The number of hydrogen-bond donors (Lipinski definition) is 4. The van der Waals surface area contributed by atoms with Crippen molar-refractivity contribution < 1.29 is 49.1 Å². The van der Waals surface area contributed by atoms with E-state index >= 15 is 0 Å². The molecule has 8 saturated carbocycles. The molecule has 0 bridgehead atoms. The zero-order valence-corrected chi connectivity index (χ0v) is 55.3. The van der Waals surface area contributed by atoms with E-state index in [0.29, 0.717) is 83.4 Å². The molecule has 18 heteroatoms. The van der Waals surface area contributed by atoms with Gasteiger partial charge in [0.15, 0.2) is 12.1 Å². The first-order valence-electron chi connectivity index (χ1n) is 35.8. The van der Waals surface area contributed by atoms with Gasteiger partial charge in [-0.3, -0.25) is 19.2 Å². The molecule has 0 radical (unpaired) electrons. The number of nitrogens with zero attached hydrogens (tertiary/aromatic N) is 8. The van der Waals surface area contributed by atoms with Crippen LogP contribution in [0.1, 0.15) is 217 Å². The summed E-state index contributed by atoms with van der Waals surface area (Å²) in [4.78, 5) is 59.2. The monoisotopic (exact) mass is 1260 g/mol. The lowest BCUT2D eigenvalue weighted by atomic mass is 9.43. The van der Waals surface area contributed by atoms with Gasteiger partial charge in [-0.2, -0.15) is 0 Å². The average Bonchev–Trinajstić information content (AvgIpc) is 1.20. The van der Waals surface area contributed by atoms with Gasteiger partial charge < -0.3 is 39.7 Å². The zero-order valence-electron chi connectivity index (χ0n) is 55.3. The number of ether oxygens (including phenoxy) is 2. The molecule has 0 spiro atoms. The molecule has 0 unspecified atom stereocenters. The fraction of sp³-hybridized carbons (Fsp3) is 0.730. The molecule has 4 heterocycles. The van der Waals surface area contributed by atoms with Crippen LogP contribution in [0, 0.1) is 92.7 Å².